The highest BCUT2D eigenvalue weighted by molar-refractivity contribution is 5.95. The van der Waals surface area contributed by atoms with Crippen molar-refractivity contribution in [3.63, 3.8) is 0 Å². The van der Waals surface area contributed by atoms with Crippen LogP contribution in [-0.4, -0.2) is 53.4 Å². The fourth-order valence-corrected chi connectivity index (χ4v) is 3.67. The molecular weight excluding hydrogens is 396 g/mol. The van der Waals surface area contributed by atoms with Crippen LogP contribution in [0.5, 0.6) is 11.6 Å². The van der Waals surface area contributed by atoms with Gasteiger partial charge in [0.1, 0.15) is 5.75 Å². The number of ether oxygens (including phenoxy) is 2. The van der Waals surface area contributed by atoms with Gasteiger partial charge in [-0.15, -0.1) is 10.2 Å². The molecule has 0 bridgehead atoms. The number of rotatable bonds is 7. The second-order valence-electron chi connectivity index (χ2n) is 7.33. The average Bonchev–Trinajstić information content (AvgIpc) is 3.08. The van der Waals surface area contributed by atoms with Gasteiger partial charge in [-0.2, -0.15) is 0 Å². The first-order valence-electron chi connectivity index (χ1n) is 10.4. The van der Waals surface area contributed by atoms with Gasteiger partial charge in [0.15, 0.2) is 12.3 Å². The molecule has 0 unspecified atom stereocenters. The first kappa shape index (κ1) is 21.0. The van der Waals surface area contributed by atoms with Crippen molar-refractivity contribution in [1.82, 2.24) is 9.47 Å². The number of carbonyl (C=O) groups is 1. The number of nitrogens with zero attached hydrogens (tertiary/aromatic N) is 4. The summed E-state index contributed by atoms with van der Waals surface area (Å²) in [4.78, 5) is 14.5. The summed E-state index contributed by atoms with van der Waals surface area (Å²) >= 11 is 0. The summed E-state index contributed by atoms with van der Waals surface area (Å²) in [6.07, 6.45) is 0.808. The summed E-state index contributed by atoms with van der Waals surface area (Å²) < 4.78 is 12.8. The number of amides is 1. The number of aromatic hydroxyl groups is 1. The van der Waals surface area contributed by atoms with Gasteiger partial charge < -0.3 is 14.6 Å². The van der Waals surface area contributed by atoms with Gasteiger partial charge in [0.25, 0.3) is 0 Å². The van der Waals surface area contributed by atoms with E-state index in [1.807, 2.05) is 55.5 Å². The Hall–Kier alpha value is -3.23. The maximum atomic E-state index is 12.3. The van der Waals surface area contributed by atoms with Gasteiger partial charge in [0.2, 0.25) is 5.88 Å². The lowest BCUT2D eigenvalue weighted by atomic mass is 10.1. The molecule has 162 valence electrons. The third kappa shape index (κ3) is 4.76. The van der Waals surface area contributed by atoms with Crippen LogP contribution in [-0.2, 0) is 22.6 Å². The van der Waals surface area contributed by atoms with Gasteiger partial charge in [-0.25, -0.2) is 0 Å². The largest absolute Gasteiger partial charge is 0.493 e. The van der Waals surface area contributed by atoms with E-state index < -0.39 is 5.91 Å². The molecule has 0 radical (unpaired) electrons. The van der Waals surface area contributed by atoms with Crippen molar-refractivity contribution in [2.75, 3.05) is 32.9 Å². The van der Waals surface area contributed by atoms with Crippen LogP contribution < -0.4 is 4.74 Å². The Morgan fingerprint density at radius 3 is 2.68 bits per heavy atom. The Bertz CT molecular complexity index is 1090. The molecule has 1 aromatic heterocycles. The highest BCUT2D eigenvalue weighted by atomic mass is 16.5. The summed E-state index contributed by atoms with van der Waals surface area (Å²) in [5, 5.41) is 19.5. The van der Waals surface area contributed by atoms with E-state index in [-0.39, 0.29) is 18.2 Å². The number of para-hydroxylation sites is 2. The lowest BCUT2D eigenvalue weighted by Gasteiger charge is -2.27. The molecule has 2 heterocycles. The number of fused-ring (bicyclic) bond motifs is 1. The minimum absolute atomic E-state index is 0.0125. The molecule has 1 amide bonds. The fraction of sp³-hybridized carbons (Fsp3) is 0.348. The van der Waals surface area contributed by atoms with Crippen LogP contribution in [0.4, 0.5) is 5.69 Å². The maximum Gasteiger partial charge on any atom is 0.302 e. The number of aromatic nitrogens is 1. The van der Waals surface area contributed by atoms with Gasteiger partial charge in [-0.3, -0.25) is 14.3 Å². The number of aryl methyl sites for hydroxylation is 1. The van der Waals surface area contributed by atoms with E-state index in [1.165, 1.54) is 0 Å². The van der Waals surface area contributed by atoms with Crippen molar-refractivity contribution >= 4 is 22.5 Å². The van der Waals surface area contributed by atoms with Crippen LogP contribution in [0.3, 0.4) is 0 Å². The number of azo groups is 1. The molecule has 0 atom stereocenters. The topological polar surface area (TPSA) is 88.7 Å². The summed E-state index contributed by atoms with van der Waals surface area (Å²) in [7, 11) is 0. The maximum absolute atomic E-state index is 12.3. The van der Waals surface area contributed by atoms with Crippen LogP contribution in [0.15, 0.2) is 58.8 Å². The van der Waals surface area contributed by atoms with Gasteiger partial charge in [-0.1, -0.05) is 43.3 Å². The van der Waals surface area contributed by atoms with E-state index in [9.17, 15) is 9.90 Å². The standard InChI is InChI=1S/C23H26N4O4/c1-2-17-7-3-6-10-20(17)31-15-21(28)24-25-22-18-8-4-5-9-19(18)27(23(22)29)16-26-11-13-30-14-12-26/h3-10,29H,2,11-16H2,1H3. The molecule has 2 aromatic carbocycles. The Labute approximate surface area is 180 Å². The third-order valence-electron chi connectivity index (χ3n) is 5.33. The summed E-state index contributed by atoms with van der Waals surface area (Å²) in [6.45, 7) is 5.24. The minimum Gasteiger partial charge on any atom is -0.493 e. The SMILES string of the molecule is CCc1ccccc1OCC(=O)N=Nc1c(O)n(CN2CCOCC2)c2ccccc12. The highest BCUT2D eigenvalue weighted by Crippen LogP contribution is 2.39. The molecular formula is C23H26N4O4. The second-order valence-corrected chi connectivity index (χ2v) is 7.33. The number of benzene rings is 2. The zero-order valence-corrected chi connectivity index (χ0v) is 17.5. The molecule has 1 saturated heterocycles. The van der Waals surface area contributed by atoms with E-state index >= 15 is 0 Å². The Morgan fingerprint density at radius 1 is 1.13 bits per heavy atom. The predicted molar refractivity (Wildman–Crippen MR) is 117 cm³/mol. The smallest absolute Gasteiger partial charge is 0.302 e. The van der Waals surface area contributed by atoms with E-state index in [4.69, 9.17) is 9.47 Å². The van der Waals surface area contributed by atoms with Crippen molar-refractivity contribution in [2.45, 2.75) is 20.0 Å². The molecule has 0 aliphatic carbocycles. The van der Waals surface area contributed by atoms with Gasteiger partial charge >= 0.3 is 5.91 Å². The molecule has 1 aliphatic rings. The summed E-state index contributed by atoms with van der Waals surface area (Å²) in [5.41, 5.74) is 2.14. The molecule has 0 spiro atoms. The molecule has 1 aliphatic heterocycles. The molecule has 4 rings (SSSR count). The van der Waals surface area contributed by atoms with Crippen molar-refractivity contribution in [3.05, 3.63) is 54.1 Å². The summed E-state index contributed by atoms with van der Waals surface area (Å²) in [6, 6.07) is 15.1. The normalized spacial score (nSPS) is 15.0. The monoisotopic (exact) mass is 422 g/mol. The molecule has 8 nitrogen and oxygen atoms in total. The Kier molecular flexibility index (Phi) is 6.59. The predicted octanol–water partition coefficient (Wildman–Crippen LogP) is 3.89. The Balaban J connectivity index is 1.51. The van der Waals surface area contributed by atoms with Crippen molar-refractivity contribution < 1.29 is 19.4 Å². The van der Waals surface area contributed by atoms with Gasteiger partial charge in [0, 0.05) is 18.5 Å². The van der Waals surface area contributed by atoms with E-state index in [0.717, 1.165) is 36.0 Å². The zero-order chi connectivity index (χ0) is 21.6. The molecule has 8 heteroatoms. The number of hydrogen-bond donors (Lipinski definition) is 1. The lowest BCUT2D eigenvalue weighted by Crippen LogP contribution is -2.37. The summed E-state index contributed by atoms with van der Waals surface area (Å²) in [5.74, 6) is 0.135. The van der Waals surface area contributed by atoms with Crippen LogP contribution in [0, 0.1) is 0 Å². The van der Waals surface area contributed by atoms with E-state index in [2.05, 4.69) is 15.1 Å². The van der Waals surface area contributed by atoms with Crippen LogP contribution in [0.25, 0.3) is 10.9 Å². The molecule has 3 aromatic rings. The Morgan fingerprint density at radius 2 is 1.87 bits per heavy atom. The average molecular weight is 422 g/mol. The van der Waals surface area contributed by atoms with E-state index in [0.29, 0.717) is 25.6 Å². The second kappa shape index (κ2) is 9.72. The first-order chi connectivity index (χ1) is 15.2. The third-order valence-corrected chi connectivity index (χ3v) is 5.33. The van der Waals surface area contributed by atoms with Gasteiger partial charge in [0.05, 0.1) is 25.4 Å². The van der Waals surface area contributed by atoms with Crippen LogP contribution >= 0.6 is 0 Å². The van der Waals surface area contributed by atoms with Crippen LogP contribution in [0.1, 0.15) is 12.5 Å². The zero-order valence-electron chi connectivity index (χ0n) is 17.5. The van der Waals surface area contributed by atoms with Crippen molar-refractivity contribution in [2.24, 2.45) is 10.2 Å². The number of morpholine rings is 1. The number of hydrogen-bond acceptors (Lipinski definition) is 6. The lowest BCUT2D eigenvalue weighted by molar-refractivity contribution is -0.120. The minimum atomic E-state index is -0.518. The van der Waals surface area contributed by atoms with Crippen molar-refractivity contribution in [1.29, 1.82) is 0 Å². The van der Waals surface area contributed by atoms with Crippen LogP contribution in [0.2, 0.25) is 0 Å². The quantitative estimate of drug-likeness (QED) is 0.584. The molecule has 0 saturated carbocycles. The van der Waals surface area contributed by atoms with Crippen molar-refractivity contribution in [3.8, 4) is 11.6 Å². The first-order valence-corrected chi connectivity index (χ1v) is 10.4. The fourth-order valence-electron chi connectivity index (χ4n) is 3.67. The molecule has 1 N–H and O–H groups in total. The molecule has 31 heavy (non-hydrogen) atoms. The van der Waals surface area contributed by atoms with E-state index in [1.54, 1.807) is 4.57 Å². The molecule has 1 fully saturated rings. The number of carbonyl (C=O) groups excluding carboxylic acids is 1. The van der Waals surface area contributed by atoms with Gasteiger partial charge in [-0.05, 0) is 24.1 Å². The highest BCUT2D eigenvalue weighted by Gasteiger charge is 2.20.